The van der Waals surface area contributed by atoms with E-state index in [0.717, 1.165) is 0 Å². The van der Waals surface area contributed by atoms with E-state index in [1.807, 2.05) is 39.3 Å². The van der Waals surface area contributed by atoms with E-state index >= 15 is 0 Å². The Kier molecular flexibility index (Phi) is 9.26. The molecule has 3 N–H and O–H groups in total. The largest absolute Gasteiger partial charge is 0.493 e. The maximum atomic E-state index is 14.4. The van der Waals surface area contributed by atoms with Gasteiger partial charge in [-0.3, -0.25) is 4.79 Å². The maximum absolute atomic E-state index is 14.4. The van der Waals surface area contributed by atoms with Crippen molar-refractivity contribution in [2.75, 3.05) is 12.3 Å². The molecule has 2 aromatic heterocycles. The fourth-order valence-corrected chi connectivity index (χ4v) is 4.51. The highest BCUT2D eigenvalue weighted by Crippen LogP contribution is 2.29. The number of nitrogens with one attached hydrogen (secondary N) is 1. The first kappa shape index (κ1) is 28.8. The molecular weight excluding hydrogens is 511 g/mol. The van der Waals surface area contributed by atoms with Crippen LogP contribution in [0.25, 0.3) is 11.3 Å². The topological polar surface area (TPSA) is 134 Å². The summed E-state index contributed by atoms with van der Waals surface area (Å²) < 4.78 is 53.7. The van der Waals surface area contributed by atoms with Crippen molar-refractivity contribution in [2.45, 2.75) is 52.2 Å². The van der Waals surface area contributed by atoms with Crippen molar-refractivity contribution in [1.29, 1.82) is 0 Å². The molecule has 204 valence electrons. The van der Waals surface area contributed by atoms with Gasteiger partial charge in [-0.1, -0.05) is 40.7 Å². The zero-order valence-corrected chi connectivity index (χ0v) is 22.9. The number of hydrogen-bond donors (Lipinski definition) is 2. The number of amides is 1. The lowest BCUT2D eigenvalue weighted by Crippen LogP contribution is -2.32. The molecule has 3 aromatic rings. The van der Waals surface area contributed by atoms with Crippen molar-refractivity contribution in [3.63, 3.8) is 0 Å². The number of halogens is 1. The molecule has 1 unspecified atom stereocenters. The Morgan fingerprint density at radius 2 is 1.82 bits per heavy atom. The van der Waals surface area contributed by atoms with Crippen LogP contribution >= 0.6 is 0 Å². The average molecular weight is 545 g/mol. The van der Waals surface area contributed by atoms with Crippen molar-refractivity contribution in [2.24, 2.45) is 11.8 Å². The molecule has 2 heterocycles. The molecule has 0 fully saturated rings. The second-order valence-corrected chi connectivity index (χ2v) is 11.2. The Bertz CT molecular complexity index is 1400. The van der Waals surface area contributed by atoms with Crippen molar-refractivity contribution in [1.82, 2.24) is 14.7 Å². The lowest BCUT2D eigenvalue weighted by Gasteiger charge is -2.22. The highest BCUT2D eigenvalue weighted by molar-refractivity contribution is 7.90. The lowest BCUT2D eigenvalue weighted by atomic mass is 10.0. The SMILES string of the molecule is CCC(Oc1nc(-c2cc(F)cc(OCC(C)C)c2)ccc1C(=O)NS(=O)(=O)c1cccc(N)n1)C(C)C. The van der Waals surface area contributed by atoms with Crippen LogP contribution in [0.5, 0.6) is 11.6 Å². The van der Waals surface area contributed by atoms with E-state index < -0.39 is 26.8 Å². The number of sulfonamides is 1. The van der Waals surface area contributed by atoms with Gasteiger partial charge in [0.15, 0.2) is 5.03 Å². The molecule has 0 saturated carbocycles. The van der Waals surface area contributed by atoms with E-state index in [1.165, 1.54) is 42.5 Å². The summed E-state index contributed by atoms with van der Waals surface area (Å²) in [5.74, 6) is -0.890. The number of hydrogen-bond acceptors (Lipinski definition) is 8. The molecule has 38 heavy (non-hydrogen) atoms. The summed E-state index contributed by atoms with van der Waals surface area (Å²) in [4.78, 5) is 21.4. The van der Waals surface area contributed by atoms with Crippen LogP contribution < -0.4 is 19.9 Å². The van der Waals surface area contributed by atoms with Gasteiger partial charge in [0, 0.05) is 11.6 Å². The third-order valence-corrected chi connectivity index (χ3v) is 6.74. The summed E-state index contributed by atoms with van der Waals surface area (Å²) >= 11 is 0. The first-order valence-corrected chi connectivity index (χ1v) is 13.8. The molecule has 0 aliphatic heterocycles. The van der Waals surface area contributed by atoms with Crippen LogP contribution in [0.2, 0.25) is 0 Å². The number of nitrogens with two attached hydrogens (primary N) is 1. The summed E-state index contributed by atoms with van der Waals surface area (Å²) in [5, 5.41) is -0.403. The van der Waals surface area contributed by atoms with Gasteiger partial charge in [-0.05, 0) is 54.7 Å². The van der Waals surface area contributed by atoms with Gasteiger partial charge in [-0.25, -0.2) is 19.1 Å². The van der Waals surface area contributed by atoms with Crippen molar-refractivity contribution >= 4 is 21.7 Å². The quantitative estimate of drug-likeness (QED) is 0.351. The number of nitrogen functional groups attached to an aromatic ring is 1. The Morgan fingerprint density at radius 1 is 1.08 bits per heavy atom. The number of anilines is 1. The van der Waals surface area contributed by atoms with Crippen LogP contribution in [0, 0.1) is 17.7 Å². The summed E-state index contributed by atoms with van der Waals surface area (Å²) in [6, 6.07) is 11.2. The molecule has 0 aliphatic rings. The van der Waals surface area contributed by atoms with Gasteiger partial charge in [0.1, 0.15) is 29.1 Å². The fraction of sp³-hybridized carbons (Fsp3) is 0.370. The van der Waals surface area contributed by atoms with Crippen molar-refractivity contribution in [3.8, 4) is 22.9 Å². The highest BCUT2D eigenvalue weighted by Gasteiger charge is 2.26. The van der Waals surface area contributed by atoms with Gasteiger partial charge < -0.3 is 15.2 Å². The minimum absolute atomic E-state index is 0.00933. The molecule has 0 aliphatic carbocycles. The summed E-state index contributed by atoms with van der Waals surface area (Å²) in [7, 11) is -4.32. The standard InChI is InChI=1S/C27H33FN4O5S/c1-6-23(17(4)5)37-27-21(26(33)32-38(34,35)25-9-7-8-24(29)31-25)10-11-22(30-27)18-12-19(28)14-20(13-18)36-15-16(2)3/h7-14,16-17,23H,6,15H2,1-5H3,(H2,29,31)(H,32,33). The van der Waals surface area contributed by atoms with Crippen molar-refractivity contribution < 1.29 is 27.1 Å². The highest BCUT2D eigenvalue weighted by atomic mass is 32.2. The second kappa shape index (κ2) is 12.2. The summed E-state index contributed by atoms with van der Waals surface area (Å²) in [6.45, 7) is 10.2. The molecule has 1 atom stereocenters. The zero-order chi connectivity index (χ0) is 28.0. The van der Waals surface area contributed by atoms with Crippen LogP contribution in [0.4, 0.5) is 10.2 Å². The predicted octanol–water partition coefficient (Wildman–Crippen LogP) is 4.83. The van der Waals surface area contributed by atoms with Crippen LogP contribution in [0.1, 0.15) is 51.4 Å². The van der Waals surface area contributed by atoms with E-state index in [0.29, 0.717) is 30.0 Å². The number of rotatable bonds is 11. The van der Waals surface area contributed by atoms with Gasteiger partial charge in [-0.15, -0.1) is 0 Å². The third-order valence-electron chi connectivity index (χ3n) is 5.51. The molecule has 0 radical (unpaired) electrons. The third kappa shape index (κ3) is 7.41. The fourth-order valence-electron chi connectivity index (χ4n) is 3.56. The molecule has 3 rings (SSSR count). The minimum Gasteiger partial charge on any atom is -0.493 e. The van der Waals surface area contributed by atoms with Gasteiger partial charge in [-0.2, -0.15) is 8.42 Å². The number of pyridine rings is 2. The molecule has 0 bridgehead atoms. The smallest absolute Gasteiger partial charge is 0.281 e. The molecule has 1 aromatic carbocycles. The molecule has 0 saturated heterocycles. The van der Waals surface area contributed by atoms with Crippen molar-refractivity contribution in [3.05, 3.63) is 59.9 Å². The number of aromatic nitrogens is 2. The van der Waals surface area contributed by atoms with Gasteiger partial charge in [0.05, 0.1) is 12.3 Å². The second-order valence-electron chi connectivity index (χ2n) is 9.57. The summed E-state index contributed by atoms with van der Waals surface area (Å²) in [5.41, 5.74) is 6.22. The first-order valence-electron chi connectivity index (χ1n) is 12.3. The normalized spacial score (nSPS) is 12.4. The Balaban J connectivity index is 2.02. The van der Waals surface area contributed by atoms with Crippen LogP contribution in [0.3, 0.4) is 0 Å². The van der Waals surface area contributed by atoms with E-state index in [-0.39, 0.29) is 35.2 Å². The number of nitrogens with zero attached hydrogens (tertiary/aromatic N) is 2. The van der Waals surface area contributed by atoms with Gasteiger partial charge in [0.25, 0.3) is 15.9 Å². The van der Waals surface area contributed by atoms with Crippen LogP contribution in [-0.4, -0.2) is 37.0 Å². The van der Waals surface area contributed by atoms with Crippen LogP contribution in [-0.2, 0) is 10.0 Å². The number of carbonyl (C=O) groups excluding carboxylic acids is 1. The Morgan fingerprint density at radius 3 is 2.45 bits per heavy atom. The minimum atomic E-state index is -4.32. The monoisotopic (exact) mass is 544 g/mol. The summed E-state index contributed by atoms with van der Waals surface area (Å²) in [6.07, 6.45) is 0.303. The zero-order valence-electron chi connectivity index (χ0n) is 22.1. The van der Waals surface area contributed by atoms with E-state index in [2.05, 4.69) is 9.97 Å². The average Bonchev–Trinajstić information content (AvgIpc) is 2.85. The molecule has 9 nitrogen and oxygen atoms in total. The Labute approximate surface area is 222 Å². The van der Waals surface area contributed by atoms with E-state index in [1.54, 1.807) is 6.07 Å². The van der Waals surface area contributed by atoms with Gasteiger partial charge >= 0.3 is 0 Å². The van der Waals surface area contributed by atoms with Crippen LogP contribution in [0.15, 0.2) is 53.6 Å². The number of carbonyl (C=O) groups is 1. The maximum Gasteiger partial charge on any atom is 0.281 e. The van der Waals surface area contributed by atoms with E-state index in [4.69, 9.17) is 15.2 Å². The van der Waals surface area contributed by atoms with E-state index in [9.17, 15) is 17.6 Å². The number of benzene rings is 1. The van der Waals surface area contributed by atoms with Gasteiger partial charge in [0.2, 0.25) is 5.88 Å². The Hall–Kier alpha value is -3.73. The molecule has 11 heteroatoms. The first-order chi connectivity index (χ1) is 17.9. The molecular formula is C27H33FN4O5S. The predicted molar refractivity (Wildman–Crippen MR) is 143 cm³/mol. The lowest BCUT2D eigenvalue weighted by molar-refractivity contribution is 0.0963. The molecule has 1 amide bonds. The number of ether oxygens (including phenoxy) is 2. The molecule has 0 spiro atoms.